The van der Waals surface area contributed by atoms with Gasteiger partial charge >= 0.3 is 5.97 Å². The van der Waals surface area contributed by atoms with Gasteiger partial charge < -0.3 is 10.0 Å². The summed E-state index contributed by atoms with van der Waals surface area (Å²) in [6.45, 7) is 6.23. The molecule has 0 aromatic heterocycles. The molecule has 0 bridgehead atoms. The first-order valence-corrected chi connectivity index (χ1v) is 8.29. The molecule has 1 rings (SSSR count). The predicted octanol–water partition coefficient (Wildman–Crippen LogP) is 0.998. The molecule has 0 amide bonds. The third-order valence-electron chi connectivity index (χ3n) is 3.62. The molecule has 0 aromatic rings. The van der Waals surface area contributed by atoms with E-state index in [4.69, 9.17) is 5.11 Å². The summed E-state index contributed by atoms with van der Waals surface area (Å²) in [5.74, 6) is -0.727. The van der Waals surface area contributed by atoms with Crippen LogP contribution in [0.4, 0.5) is 0 Å². The lowest BCUT2D eigenvalue weighted by Gasteiger charge is -2.19. The second-order valence-electron chi connectivity index (χ2n) is 5.19. The van der Waals surface area contributed by atoms with E-state index < -0.39 is 21.2 Å². The number of nitrogens with zero attached hydrogens (tertiary/aromatic N) is 1. The molecule has 1 saturated carbocycles. The van der Waals surface area contributed by atoms with Crippen LogP contribution in [0.15, 0.2) is 0 Å². The van der Waals surface area contributed by atoms with E-state index in [0.717, 1.165) is 25.9 Å². The monoisotopic (exact) mass is 277 g/mol. The van der Waals surface area contributed by atoms with E-state index in [-0.39, 0.29) is 17.9 Å². The molecular formula is C12H23NO4S. The highest BCUT2D eigenvalue weighted by Crippen LogP contribution is 2.49. The number of hydrogen-bond acceptors (Lipinski definition) is 4. The largest absolute Gasteiger partial charge is 0.481 e. The van der Waals surface area contributed by atoms with Crippen molar-refractivity contribution < 1.29 is 18.3 Å². The summed E-state index contributed by atoms with van der Waals surface area (Å²) in [6, 6.07) is 0. The molecule has 6 heteroatoms. The fraction of sp³-hybridized carbons (Fsp3) is 0.917. The van der Waals surface area contributed by atoms with Gasteiger partial charge in [0.1, 0.15) is 0 Å². The van der Waals surface area contributed by atoms with Crippen LogP contribution in [-0.2, 0) is 14.6 Å². The molecule has 0 unspecified atom stereocenters. The summed E-state index contributed by atoms with van der Waals surface area (Å²) >= 11 is 0. The number of carbonyl (C=O) groups is 1. The molecule has 1 aliphatic carbocycles. The Balaban J connectivity index is 2.47. The Labute approximate surface area is 109 Å². The van der Waals surface area contributed by atoms with Crippen molar-refractivity contribution in [2.45, 2.75) is 33.1 Å². The van der Waals surface area contributed by atoms with Crippen LogP contribution in [0.2, 0.25) is 0 Å². The van der Waals surface area contributed by atoms with Crippen molar-refractivity contribution in [3.8, 4) is 0 Å². The van der Waals surface area contributed by atoms with E-state index in [0.29, 0.717) is 6.54 Å². The highest BCUT2D eigenvalue weighted by molar-refractivity contribution is 7.91. The standard InChI is InChI=1S/C12H23NO4S/c1-3-13(4-2)7-8-18(16,17)10-12(5-6-12)9-11(14)15/h3-10H2,1-2H3,(H,14,15). The minimum Gasteiger partial charge on any atom is -0.481 e. The number of sulfone groups is 1. The summed E-state index contributed by atoms with van der Waals surface area (Å²) in [5.41, 5.74) is -0.464. The number of aliphatic carboxylic acids is 1. The van der Waals surface area contributed by atoms with Gasteiger partial charge in [0.15, 0.2) is 9.84 Å². The van der Waals surface area contributed by atoms with E-state index in [1.54, 1.807) is 0 Å². The van der Waals surface area contributed by atoms with Crippen LogP contribution in [0, 0.1) is 5.41 Å². The van der Waals surface area contributed by atoms with Gasteiger partial charge in [0.25, 0.3) is 0 Å². The molecule has 0 radical (unpaired) electrons. The third kappa shape index (κ3) is 4.94. The lowest BCUT2D eigenvalue weighted by atomic mass is 10.1. The number of carboxylic acids is 1. The summed E-state index contributed by atoms with van der Waals surface area (Å²) in [5, 5.41) is 8.78. The predicted molar refractivity (Wildman–Crippen MR) is 70.4 cm³/mol. The third-order valence-corrected chi connectivity index (χ3v) is 5.48. The number of hydrogen-bond donors (Lipinski definition) is 1. The topological polar surface area (TPSA) is 74.7 Å². The Hall–Kier alpha value is -0.620. The first-order chi connectivity index (χ1) is 8.32. The van der Waals surface area contributed by atoms with Crippen LogP contribution < -0.4 is 0 Å². The number of rotatable bonds is 9. The van der Waals surface area contributed by atoms with Crippen molar-refractivity contribution in [3.63, 3.8) is 0 Å². The van der Waals surface area contributed by atoms with Gasteiger partial charge in [-0.15, -0.1) is 0 Å². The Morgan fingerprint density at radius 2 is 1.83 bits per heavy atom. The fourth-order valence-electron chi connectivity index (χ4n) is 2.22. The summed E-state index contributed by atoms with van der Waals surface area (Å²) < 4.78 is 24.0. The molecule has 1 aliphatic rings. The Morgan fingerprint density at radius 3 is 2.22 bits per heavy atom. The Bertz CT molecular complexity index is 383. The van der Waals surface area contributed by atoms with Gasteiger partial charge in [0.05, 0.1) is 17.9 Å². The fourth-order valence-corrected chi connectivity index (χ4v) is 4.22. The van der Waals surface area contributed by atoms with Crippen LogP contribution in [0.25, 0.3) is 0 Å². The van der Waals surface area contributed by atoms with Crippen LogP contribution in [0.3, 0.4) is 0 Å². The zero-order valence-electron chi connectivity index (χ0n) is 11.2. The van der Waals surface area contributed by atoms with Crippen LogP contribution in [0.5, 0.6) is 0 Å². The van der Waals surface area contributed by atoms with E-state index in [2.05, 4.69) is 4.90 Å². The molecule has 1 N–H and O–H groups in total. The average molecular weight is 277 g/mol. The molecule has 0 atom stereocenters. The molecule has 0 heterocycles. The smallest absolute Gasteiger partial charge is 0.303 e. The first kappa shape index (κ1) is 15.4. The summed E-state index contributed by atoms with van der Waals surface area (Å²) in [6.07, 6.45) is 1.44. The highest BCUT2D eigenvalue weighted by atomic mass is 32.2. The molecule has 18 heavy (non-hydrogen) atoms. The Morgan fingerprint density at radius 1 is 1.28 bits per heavy atom. The maximum atomic E-state index is 12.0. The number of carboxylic acid groups (broad SMARTS) is 1. The van der Waals surface area contributed by atoms with E-state index >= 15 is 0 Å². The Kier molecular flexibility index (Phi) is 5.16. The highest BCUT2D eigenvalue weighted by Gasteiger charge is 2.47. The lowest BCUT2D eigenvalue weighted by molar-refractivity contribution is -0.138. The van der Waals surface area contributed by atoms with E-state index in [9.17, 15) is 13.2 Å². The molecule has 0 aliphatic heterocycles. The van der Waals surface area contributed by atoms with Crippen molar-refractivity contribution >= 4 is 15.8 Å². The molecule has 0 spiro atoms. The minimum atomic E-state index is -3.14. The zero-order chi connectivity index (χ0) is 13.8. The summed E-state index contributed by atoms with van der Waals surface area (Å²) in [7, 11) is -3.14. The van der Waals surface area contributed by atoms with Crippen molar-refractivity contribution in [1.82, 2.24) is 4.90 Å². The van der Waals surface area contributed by atoms with Crippen LogP contribution >= 0.6 is 0 Å². The second-order valence-corrected chi connectivity index (χ2v) is 7.37. The van der Waals surface area contributed by atoms with Gasteiger partial charge in [-0.25, -0.2) is 8.42 Å². The van der Waals surface area contributed by atoms with Gasteiger partial charge in [-0.1, -0.05) is 13.8 Å². The van der Waals surface area contributed by atoms with Gasteiger partial charge in [-0.3, -0.25) is 4.79 Å². The van der Waals surface area contributed by atoms with Crippen molar-refractivity contribution in [2.75, 3.05) is 31.1 Å². The van der Waals surface area contributed by atoms with Crippen molar-refractivity contribution in [3.05, 3.63) is 0 Å². The molecule has 0 aromatic carbocycles. The molecular weight excluding hydrogens is 254 g/mol. The molecule has 1 fully saturated rings. The SMILES string of the molecule is CCN(CC)CCS(=O)(=O)CC1(CC(=O)O)CC1. The van der Waals surface area contributed by atoms with Crippen molar-refractivity contribution in [1.29, 1.82) is 0 Å². The second kappa shape index (κ2) is 6.02. The van der Waals surface area contributed by atoms with E-state index in [1.165, 1.54) is 0 Å². The molecule has 0 saturated heterocycles. The first-order valence-electron chi connectivity index (χ1n) is 6.47. The van der Waals surface area contributed by atoms with E-state index in [1.807, 2.05) is 13.8 Å². The molecule has 106 valence electrons. The zero-order valence-corrected chi connectivity index (χ0v) is 12.0. The quantitative estimate of drug-likeness (QED) is 0.680. The molecule has 5 nitrogen and oxygen atoms in total. The van der Waals surface area contributed by atoms with Gasteiger partial charge in [-0.05, 0) is 31.3 Å². The lowest BCUT2D eigenvalue weighted by Crippen LogP contribution is -2.31. The maximum Gasteiger partial charge on any atom is 0.303 e. The van der Waals surface area contributed by atoms with Gasteiger partial charge in [-0.2, -0.15) is 0 Å². The van der Waals surface area contributed by atoms with Gasteiger partial charge in [0.2, 0.25) is 0 Å². The minimum absolute atomic E-state index is 0.0164. The van der Waals surface area contributed by atoms with Crippen LogP contribution in [-0.4, -0.2) is 55.5 Å². The maximum absolute atomic E-state index is 12.0. The van der Waals surface area contributed by atoms with Crippen LogP contribution in [0.1, 0.15) is 33.1 Å². The normalized spacial score (nSPS) is 17.9. The van der Waals surface area contributed by atoms with Gasteiger partial charge in [0, 0.05) is 6.54 Å². The average Bonchev–Trinajstić information content (AvgIpc) is 2.96. The summed E-state index contributed by atoms with van der Waals surface area (Å²) in [4.78, 5) is 12.8. The van der Waals surface area contributed by atoms with Crippen molar-refractivity contribution in [2.24, 2.45) is 5.41 Å².